The number of likely N-dealkylation sites (N-methyl/N-ethyl adjacent to an activating group) is 1. The molecule has 19 heavy (non-hydrogen) atoms. The van der Waals surface area contributed by atoms with Crippen LogP contribution in [-0.2, 0) is 6.42 Å². The van der Waals surface area contributed by atoms with E-state index in [1.54, 1.807) is 6.07 Å². The van der Waals surface area contributed by atoms with E-state index in [0.717, 1.165) is 22.0 Å². The average molecular weight is 343 g/mol. The molecule has 4 heteroatoms. The molecule has 0 spiro atoms. The fraction of sp³-hybridized carbons (Fsp3) is 0.200. The third-order valence-electron chi connectivity index (χ3n) is 3.06. The van der Waals surface area contributed by atoms with Gasteiger partial charge in [-0.05, 0) is 48.9 Å². The third kappa shape index (κ3) is 3.56. The number of halogens is 3. The molecular weight excluding hydrogens is 329 g/mol. The molecule has 0 heterocycles. The molecule has 0 saturated heterocycles. The van der Waals surface area contributed by atoms with Gasteiger partial charge in [0.25, 0.3) is 0 Å². The second-order valence-corrected chi connectivity index (χ2v) is 5.56. The van der Waals surface area contributed by atoms with E-state index in [-0.39, 0.29) is 11.9 Å². The minimum Gasteiger partial charge on any atom is -0.313 e. The minimum absolute atomic E-state index is 0.0260. The number of hydrogen-bond acceptors (Lipinski definition) is 1. The lowest BCUT2D eigenvalue weighted by molar-refractivity contribution is 0.577. The summed E-state index contributed by atoms with van der Waals surface area (Å²) in [6, 6.07) is 12.4. The van der Waals surface area contributed by atoms with Gasteiger partial charge in [-0.2, -0.15) is 0 Å². The Morgan fingerprint density at radius 3 is 2.68 bits per heavy atom. The molecule has 0 amide bonds. The van der Waals surface area contributed by atoms with Crippen molar-refractivity contribution in [2.24, 2.45) is 0 Å². The molecule has 1 nitrogen and oxygen atoms in total. The van der Waals surface area contributed by atoms with Crippen molar-refractivity contribution in [2.45, 2.75) is 12.5 Å². The van der Waals surface area contributed by atoms with Gasteiger partial charge in [0, 0.05) is 15.5 Å². The van der Waals surface area contributed by atoms with Crippen molar-refractivity contribution in [3.63, 3.8) is 0 Å². The van der Waals surface area contributed by atoms with Crippen molar-refractivity contribution in [3.05, 3.63) is 68.9 Å². The van der Waals surface area contributed by atoms with Crippen LogP contribution in [0, 0.1) is 5.82 Å². The number of rotatable bonds is 4. The normalized spacial score (nSPS) is 12.4. The van der Waals surface area contributed by atoms with Crippen LogP contribution in [-0.4, -0.2) is 7.05 Å². The first-order valence-corrected chi connectivity index (χ1v) is 7.14. The minimum atomic E-state index is -0.272. The summed E-state index contributed by atoms with van der Waals surface area (Å²) in [7, 11) is 1.85. The monoisotopic (exact) mass is 341 g/mol. The summed E-state index contributed by atoms with van der Waals surface area (Å²) >= 11 is 9.68. The van der Waals surface area contributed by atoms with Crippen molar-refractivity contribution in [3.8, 4) is 0 Å². The summed E-state index contributed by atoms with van der Waals surface area (Å²) in [4.78, 5) is 0. The molecule has 0 aromatic heterocycles. The molecule has 0 bridgehead atoms. The van der Waals surface area contributed by atoms with Crippen LogP contribution < -0.4 is 5.32 Å². The van der Waals surface area contributed by atoms with Crippen LogP contribution in [0.3, 0.4) is 0 Å². The Morgan fingerprint density at radius 2 is 2.00 bits per heavy atom. The SMILES string of the molecule is CNC(Cc1ccccc1Br)c1cc(F)ccc1Cl. The molecule has 2 aromatic rings. The molecule has 1 unspecified atom stereocenters. The van der Waals surface area contributed by atoms with Crippen LogP contribution in [0.1, 0.15) is 17.2 Å². The Kier molecular flexibility index (Phi) is 4.97. The highest BCUT2D eigenvalue weighted by atomic mass is 79.9. The molecule has 0 fully saturated rings. The van der Waals surface area contributed by atoms with Gasteiger partial charge in [-0.1, -0.05) is 45.7 Å². The predicted octanol–water partition coefficient (Wildman–Crippen LogP) is 4.74. The highest BCUT2D eigenvalue weighted by Crippen LogP contribution is 2.28. The molecule has 0 aliphatic carbocycles. The molecule has 0 radical (unpaired) electrons. The molecular formula is C15H14BrClFN. The topological polar surface area (TPSA) is 12.0 Å². The van der Waals surface area contributed by atoms with Crippen LogP contribution in [0.5, 0.6) is 0 Å². The molecule has 2 aromatic carbocycles. The smallest absolute Gasteiger partial charge is 0.123 e. The van der Waals surface area contributed by atoms with E-state index in [4.69, 9.17) is 11.6 Å². The van der Waals surface area contributed by atoms with Gasteiger partial charge in [-0.3, -0.25) is 0 Å². The predicted molar refractivity (Wildman–Crippen MR) is 81.1 cm³/mol. The van der Waals surface area contributed by atoms with Gasteiger partial charge in [0.1, 0.15) is 5.82 Å². The van der Waals surface area contributed by atoms with Crippen molar-refractivity contribution in [1.29, 1.82) is 0 Å². The Hall–Kier alpha value is -0.900. The number of hydrogen-bond donors (Lipinski definition) is 1. The van der Waals surface area contributed by atoms with Crippen LogP contribution in [0.4, 0.5) is 4.39 Å². The lowest BCUT2D eigenvalue weighted by Crippen LogP contribution is -2.19. The van der Waals surface area contributed by atoms with Crippen molar-refractivity contribution >= 4 is 27.5 Å². The van der Waals surface area contributed by atoms with Crippen molar-refractivity contribution in [1.82, 2.24) is 5.32 Å². The molecule has 100 valence electrons. The lowest BCUT2D eigenvalue weighted by Gasteiger charge is -2.19. The molecule has 2 rings (SSSR count). The van der Waals surface area contributed by atoms with E-state index in [2.05, 4.69) is 21.2 Å². The zero-order valence-electron chi connectivity index (χ0n) is 10.5. The number of nitrogens with one attached hydrogen (secondary N) is 1. The van der Waals surface area contributed by atoms with E-state index >= 15 is 0 Å². The van der Waals surface area contributed by atoms with Gasteiger partial charge in [-0.25, -0.2) is 4.39 Å². The first-order valence-electron chi connectivity index (χ1n) is 5.97. The lowest BCUT2D eigenvalue weighted by atomic mass is 9.99. The zero-order chi connectivity index (χ0) is 13.8. The maximum absolute atomic E-state index is 13.4. The van der Waals surface area contributed by atoms with E-state index < -0.39 is 0 Å². The van der Waals surface area contributed by atoms with Gasteiger partial charge in [0.05, 0.1) is 0 Å². The Morgan fingerprint density at radius 1 is 1.26 bits per heavy atom. The zero-order valence-corrected chi connectivity index (χ0v) is 12.8. The van der Waals surface area contributed by atoms with Crippen LogP contribution in [0.25, 0.3) is 0 Å². The third-order valence-corrected chi connectivity index (χ3v) is 4.18. The fourth-order valence-electron chi connectivity index (χ4n) is 2.03. The van der Waals surface area contributed by atoms with E-state index in [1.165, 1.54) is 12.1 Å². The average Bonchev–Trinajstić information content (AvgIpc) is 2.41. The highest BCUT2D eigenvalue weighted by Gasteiger charge is 2.15. The molecule has 0 saturated carbocycles. The molecule has 0 aliphatic rings. The second-order valence-electron chi connectivity index (χ2n) is 4.30. The standard InChI is InChI=1S/C15H14BrClFN/c1-19-15(8-10-4-2-3-5-13(10)16)12-9-11(18)6-7-14(12)17/h2-7,9,15,19H,8H2,1H3. The highest BCUT2D eigenvalue weighted by molar-refractivity contribution is 9.10. The van der Waals surface area contributed by atoms with E-state index in [9.17, 15) is 4.39 Å². The fourth-order valence-corrected chi connectivity index (χ4v) is 2.73. The van der Waals surface area contributed by atoms with E-state index in [1.807, 2.05) is 31.3 Å². The summed E-state index contributed by atoms with van der Waals surface area (Å²) in [5.41, 5.74) is 1.93. The van der Waals surface area contributed by atoms with Gasteiger partial charge in [0.2, 0.25) is 0 Å². The largest absolute Gasteiger partial charge is 0.313 e. The van der Waals surface area contributed by atoms with Crippen molar-refractivity contribution in [2.75, 3.05) is 7.05 Å². The number of benzene rings is 2. The maximum Gasteiger partial charge on any atom is 0.123 e. The Bertz CT molecular complexity index is 574. The first kappa shape index (κ1) is 14.5. The quantitative estimate of drug-likeness (QED) is 0.846. The molecule has 1 atom stereocenters. The molecule has 0 aliphatic heterocycles. The van der Waals surface area contributed by atoms with Crippen LogP contribution >= 0.6 is 27.5 Å². The van der Waals surface area contributed by atoms with Gasteiger partial charge >= 0.3 is 0 Å². The summed E-state index contributed by atoms with van der Waals surface area (Å²) in [5, 5.41) is 3.77. The summed E-state index contributed by atoms with van der Waals surface area (Å²) in [6.45, 7) is 0. The van der Waals surface area contributed by atoms with Crippen LogP contribution in [0.15, 0.2) is 46.9 Å². The summed E-state index contributed by atoms with van der Waals surface area (Å²) in [5.74, 6) is -0.272. The second kappa shape index (κ2) is 6.51. The first-order chi connectivity index (χ1) is 9.11. The van der Waals surface area contributed by atoms with Crippen LogP contribution in [0.2, 0.25) is 5.02 Å². The van der Waals surface area contributed by atoms with Gasteiger partial charge in [-0.15, -0.1) is 0 Å². The summed E-state index contributed by atoms with van der Waals surface area (Å²) in [6.07, 6.45) is 0.737. The maximum atomic E-state index is 13.4. The summed E-state index contributed by atoms with van der Waals surface area (Å²) < 4.78 is 14.4. The Labute approximate surface area is 125 Å². The van der Waals surface area contributed by atoms with Gasteiger partial charge < -0.3 is 5.32 Å². The van der Waals surface area contributed by atoms with Crippen molar-refractivity contribution < 1.29 is 4.39 Å². The Balaban J connectivity index is 2.30. The van der Waals surface area contributed by atoms with E-state index in [0.29, 0.717) is 5.02 Å². The van der Waals surface area contributed by atoms with Gasteiger partial charge in [0.15, 0.2) is 0 Å². The molecule has 1 N–H and O–H groups in total.